The summed E-state index contributed by atoms with van der Waals surface area (Å²) in [5.41, 5.74) is 5.09. The molecule has 1 aliphatic rings. The lowest BCUT2D eigenvalue weighted by Gasteiger charge is -2.02. The van der Waals surface area contributed by atoms with Crippen molar-refractivity contribution in [3.8, 4) is 11.3 Å². The zero-order valence-corrected chi connectivity index (χ0v) is 10.2. The van der Waals surface area contributed by atoms with Crippen LogP contribution in [-0.2, 0) is 0 Å². The summed E-state index contributed by atoms with van der Waals surface area (Å²) in [6.07, 6.45) is 7.94. The van der Waals surface area contributed by atoms with Crippen molar-refractivity contribution in [1.82, 2.24) is 15.2 Å². The van der Waals surface area contributed by atoms with Gasteiger partial charge < -0.3 is 0 Å². The Morgan fingerprint density at radius 3 is 2.78 bits per heavy atom. The van der Waals surface area contributed by atoms with E-state index in [1.54, 1.807) is 6.08 Å². The maximum Gasteiger partial charge on any atom is 0.1000 e. The molecule has 3 rings (SSSR count). The molecule has 0 spiro atoms. The van der Waals surface area contributed by atoms with Crippen molar-refractivity contribution in [3.63, 3.8) is 0 Å². The number of aromatic nitrogens is 3. The van der Waals surface area contributed by atoms with Gasteiger partial charge in [0.2, 0.25) is 0 Å². The SMILES string of the molecule is C=Cc1[nH]nc(-c2ccnc(C3CC3)c2)c1C=C. The molecule has 2 aromatic heterocycles. The van der Waals surface area contributed by atoms with Gasteiger partial charge in [-0.05, 0) is 31.1 Å². The average Bonchev–Trinajstić information content (AvgIpc) is 3.18. The van der Waals surface area contributed by atoms with Crippen LogP contribution < -0.4 is 0 Å². The lowest BCUT2D eigenvalue weighted by Crippen LogP contribution is -1.88. The predicted octanol–water partition coefficient (Wildman–Crippen LogP) is 3.64. The summed E-state index contributed by atoms with van der Waals surface area (Å²) in [5.74, 6) is 0.648. The Balaban J connectivity index is 2.08. The van der Waals surface area contributed by atoms with E-state index in [9.17, 15) is 0 Å². The van der Waals surface area contributed by atoms with Crippen LogP contribution in [0.1, 0.15) is 35.7 Å². The Morgan fingerprint density at radius 2 is 2.11 bits per heavy atom. The summed E-state index contributed by atoms with van der Waals surface area (Å²) in [5, 5.41) is 7.33. The summed E-state index contributed by atoms with van der Waals surface area (Å²) in [6.45, 7) is 7.62. The molecule has 0 bridgehead atoms. The Kier molecular flexibility index (Phi) is 2.59. The first-order chi connectivity index (χ1) is 8.83. The van der Waals surface area contributed by atoms with E-state index in [4.69, 9.17) is 0 Å². The second-order valence-corrected chi connectivity index (χ2v) is 4.55. The van der Waals surface area contributed by atoms with Gasteiger partial charge in [-0.3, -0.25) is 10.1 Å². The van der Waals surface area contributed by atoms with Gasteiger partial charge in [0, 0.05) is 28.9 Å². The second kappa shape index (κ2) is 4.26. The molecule has 1 N–H and O–H groups in total. The molecule has 0 unspecified atom stereocenters. The van der Waals surface area contributed by atoms with E-state index in [0.717, 1.165) is 22.5 Å². The highest BCUT2D eigenvalue weighted by Crippen LogP contribution is 2.40. The van der Waals surface area contributed by atoms with Crippen molar-refractivity contribution in [3.05, 3.63) is 48.4 Å². The molecule has 0 radical (unpaired) electrons. The van der Waals surface area contributed by atoms with Crippen LogP contribution in [-0.4, -0.2) is 15.2 Å². The van der Waals surface area contributed by atoms with Gasteiger partial charge in [-0.25, -0.2) is 0 Å². The first-order valence-electron chi connectivity index (χ1n) is 6.13. The number of hydrogen-bond donors (Lipinski definition) is 1. The van der Waals surface area contributed by atoms with Gasteiger partial charge >= 0.3 is 0 Å². The number of hydrogen-bond acceptors (Lipinski definition) is 2. The minimum absolute atomic E-state index is 0.648. The van der Waals surface area contributed by atoms with Gasteiger partial charge in [0.25, 0.3) is 0 Å². The largest absolute Gasteiger partial charge is 0.277 e. The third-order valence-corrected chi connectivity index (χ3v) is 3.29. The maximum absolute atomic E-state index is 4.43. The topological polar surface area (TPSA) is 41.6 Å². The van der Waals surface area contributed by atoms with Crippen molar-refractivity contribution in [2.45, 2.75) is 18.8 Å². The zero-order chi connectivity index (χ0) is 12.5. The summed E-state index contributed by atoms with van der Waals surface area (Å²) in [6, 6.07) is 4.12. The van der Waals surface area contributed by atoms with Crippen LogP contribution in [0.2, 0.25) is 0 Å². The molecule has 0 saturated heterocycles. The van der Waals surface area contributed by atoms with E-state index >= 15 is 0 Å². The Hall–Kier alpha value is -2.16. The predicted molar refractivity (Wildman–Crippen MR) is 74.0 cm³/mol. The molecule has 1 saturated carbocycles. The van der Waals surface area contributed by atoms with E-state index in [2.05, 4.69) is 34.4 Å². The molecule has 0 aromatic carbocycles. The minimum atomic E-state index is 0.648. The molecule has 2 aromatic rings. The molecule has 1 fully saturated rings. The van der Waals surface area contributed by atoms with Crippen LogP contribution in [0, 0.1) is 0 Å². The first kappa shape index (κ1) is 11.0. The van der Waals surface area contributed by atoms with Crippen LogP contribution in [0.15, 0.2) is 31.5 Å². The van der Waals surface area contributed by atoms with Crippen LogP contribution >= 0.6 is 0 Å². The Labute approximate surface area is 106 Å². The van der Waals surface area contributed by atoms with Crippen molar-refractivity contribution < 1.29 is 0 Å². The number of rotatable bonds is 4. The summed E-state index contributed by atoms with van der Waals surface area (Å²) in [4.78, 5) is 4.43. The zero-order valence-electron chi connectivity index (χ0n) is 10.2. The van der Waals surface area contributed by atoms with Crippen LogP contribution in [0.5, 0.6) is 0 Å². The molecular formula is C15H15N3. The highest BCUT2D eigenvalue weighted by Gasteiger charge is 2.25. The third kappa shape index (κ3) is 1.78. The fourth-order valence-electron chi connectivity index (χ4n) is 2.14. The number of pyridine rings is 1. The molecule has 3 nitrogen and oxygen atoms in total. The van der Waals surface area contributed by atoms with E-state index in [1.807, 2.05) is 18.3 Å². The average molecular weight is 237 g/mol. The van der Waals surface area contributed by atoms with Crippen molar-refractivity contribution >= 4 is 12.2 Å². The van der Waals surface area contributed by atoms with Gasteiger partial charge in [-0.1, -0.05) is 19.2 Å². The minimum Gasteiger partial charge on any atom is -0.277 e. The van der Waals surface area contributed by atoms with E-state index in [-0.39, 0.29) is 0 Å². The molecule has 90 valence electrons. The standard InChI is InChI=1S/C15H15N3/c1-3-12-13(4-2)17-18-15(12)11-7-8-16-14(9-11)10-5-6-10/h3-4,7-10H,1-2,5-6H2,(H,17,18). The molecule has 0 atom stereocenters. The van der Waals surface area contributed by atoms with E-state index in [1.165, 1.54) is 18.5 Å². The fourth-order valence-corrected chi connectivity index (χ4v) is 2.14. The number of nitrogens with one attached hydrogen (secondary N) is 1. The molecule has 0 aliphatic heterocycles. The van der Waals surface area contributed by atoms with Gasteiger partial charge in [-0.2, -0.15) is 5.10 Å². The van der Waals surface area contributed by atoms with Crippen molar-refractivity contribution in [2.24, 2.45) is 0 Å². The van der Waals surface area contributed by atoms with Gasteiger partial charge in [0.05, 0.1) is 11.4 Å². The Morgan fingerprint density at radius 1 is 1.28 bits per heavy atom. The van der Waals surface area contributed by atoms with Crippen LogP contribution in [0.4, 0.5) is 0 Å². The summed E-state index contributed by atoms with van der Waals surface area (Å²) in [7, 11) is 0. The molecule has 1 aliphatic carbocycles. The highest BCUT2D eigenvalue weighted by atomic mass is 15.1. The summed E-state index contributed by atoms with van der Waals surface area (Å²) >= 11 is 0. The number of aromatic amines is 1. The third-order valence-electron chi connectivity index (χ3n) is 3.29. The fraction of sp³-hybridized carbons (Fsp3) is 0.200. The van der Waals surface area contributed by atoms with Crippen molar-refractivity contribution in [1.29, 1.82) is 0 Å². The molecule has 0 amide bonds. The van der Waals surface area contributed by atoms with Gasteiger partial charge in [-0.15, -0.1) is 0 Å². The molecule has 2 heterocycles. The van der Waals surface area contributed by atoms with Crippen LogP contribution in [0.25, 0.3) is 23.4 Å². The monoisotopic (exact) mass is 237 g/mol. The first-order valence-corrected chi connectivity index (χ1v) is 6.13. The normalized spacial score (nSPS) is 14.4. The number of nitrogens with zero attached hydrogens (tertiary/aromatic N) is 2. The lowest BCUT2D eigenvalue weighted by atomic mass is 10.1. The lowest BCUT2D eigenvalue weighted by molar-refractivity contribution is 1.02. The van der Waals surface area contributed by atoms with Crippen LogP contribution in [0.3, 0.4) is 0 Å². The maximum atomic E-state index is 4.43. The molecule has 3 heteroatoms. The summed E-state index contributed by atoms with van der Waals surface area (Å²) < 4.78 is 0. The van der Waals surface area contributed by atoms with Gasteiger partial charge in [0.15, 0.2) is 0 Å². The van der Waals surface area contributed by atoms with Gasteiger partial charge in [0.1, 0.15) is 0 Å². The van der Waals surface area contributed by atoms with E-state index in [0.29, 0.717) is 5.92 Å². The van der Waals surface area contributed by atoms with E-state index < -0.39 is 0 Å². The molecular weight excluding hydrogens is 222 g/mol. The van der Waals surface area contributed by atoms with Crippen molar-refractivity contribution in [2.75, 3.05) is 0 Å². The highest BCUT2D eigenvalue weighted by molar-refractivity contribution is 5.76. The quantitative estimate of drug-likeness (QED) is 0.882. The second-order valence-electron chi connectivity index (χ2n) is 4.55. The smallest absolute Gasteiger partial charge is 0.1000 e. The molecule has 18 heavy (non-hydrogen) atoms. The number of H-pyrrole nitrogens is 1. The Bertz CT molecular complexity index is 606.